The molecule has 4 aliphatic carbocycles. The first-order chi connectivity index (χ1) is 24.7. The van der Waals surface area contributed by atoms with Crippen LogP contribution in [0, 0.1) is 6.92 Å². The van der Waals surface area contributed by atoms with E-state index in [1.807, 2.05) is 36.4 Å². The van der Waals surface area contributed by atoms with Crippen molar-refractivity contribution in [1.29, 1.82) is 0 Å². The average molecular weight is 637 g/mol. The van der Waals surface area contributed by atoms with E-state index in [0.717, 1.165) is 46.5 Å². The van der Waals surface area contributed by atoms with E-state index in [9.17, 15) is 0 Å². The summed E-state index contributed by atoms with van der Waals surface area (Å²) in [6.07, 6.45) is 12.8. The molecule has 10 rings (SSSR count). The Morgan fingerprint density at radius 1 is 0.600 bits per heavy atom. The Bertz CT molecular complexity index is 2620. The highest BCUT2D eigenvalue weighted by Crippen LogP contribution is 2.63. The largest absolute Gasteiger partial charge is 0.228 e. The van der Waals surface area contributed by atoms with Gasteiger partial charge < -0.3 is 0 Å². The van der Waals surface area contributed by atoms with Gasteiger partial charge in [-0.05, 0) is 106 Å². The average Bonchev–Trinajstić information content (AvgIpc) is 3.65. The molecule has 2 heteroatoms. The Kier molecular flexibility index (Phi) is 6.38. The first-order valence-corrected chi connectivity index (χ1v) is 17.4. The highest BCUT2D eigenvalue weighted by molar-refractivity contribution is 5.97. The molecule has 234 valence electrons. The zero-order chi connectivity index (χ0) is 33.2. The summed E-state index contributed by atoms with van der Waals surface area (Å²) in [5.41, 5.74) is 25.5. The molecule has 0 saturated heterocycles. The molecule has 0 aliphatic heterocycles. The fraction of sp³-hybridized carbons (Fsp3) is 0.0833. The van der Waals surface area contributed by atoms with Crippen LogP contribution >= 0.6 is 0 Å². The zero-order valence-electron chi connectivity index (χ0n) is 27.7. The number of hydrogen-bond donors (Lipinski definition) is 0. The fourth-order valence-corrected chi connectivity index (χ4v) is 8.53. The number of rotatable bonds is 4. The highest BCUT2D eigenvalue weighted by atomic mass is 14.9. The van der Waals surface area contributed by atoms with Crippen molar-refractivity contribution >= 4 is 11.1 Å². The molecule has 5 aromatic carbocycles. The number of benzene rings is 5. The normalized spacial score (nSPS) is 17.5. The molecule has 1 aromatic heterocycles. The van der Waals surface area contributed by atoms with Crippen LogP contribution in [0.4, 0.5) is 0 Å². The van der Waals surface area contributed by atoms with Crippen molar-refractivity contribution in [2.45, 2.75) is 25.2 Å². The summed E-state index contributed by atoms with van der Waals surface area (Å²) in [6, 6.07) is 44.3. The molecule has 0 bridgehead atoms. The minimum Gasteiger partial charge on any atom is -0.228 e. The van der Waals surface area contributed by atoms with Crippen LogP contribution in [0.25, 0.3) is 56.0 Å². The SMILES string of the molecule is Cc1ccc2c(c1)-c1ccccc1C21C2=C(CCC=C2)c2ccc(-c3cccc(-c4cc(C5=C=C=CC=C5)nc(-c5ccccc5)n4)c3)cc21. The predicted molar refractivity (Wildman–Crippen MR) is 204 cm³/mol. The number of aromatic nitrogens is 2. The Balaban J connectivity index is 1.15. The van der Waals surface area contributed by atoms with Crippen LogP contribution in [0.3, 0.4) is 0 Å². The first kappa shape index (κ1) is 28.7. The second-order valence-corrected chi connectivity index (χ2v) is 13.6. The molecule has 1 unspecified atom stereocenters. The standard InChI is InChI=1S/C48H32N2/c1-31-23-26-43-40(27-31)38-20-9-11-22-42(38)48(43)41-21-10-8-19-37(41)39-25-24-35(29-44(39)48)34-17-12-18-36(28-34)46-30-45(32-13-4-2-5-14-32)49-47(50-46)33-15-6-3-7-16-33/h2-4,6-7,9-13,15-18,20-30H,8,19H2,1H3. The Labute approximate surface area is 292 Å². The van der Waals surface area contributed by atoms with Crippen LogP contribution in [0.1, 0.15) is 46.4 Å². The van der Waals surface area contributed by atoms with E-state index in [2.05, 4.69) is 134 Å². The van der Waals surface area contributed by atoms with E-state index in [1.54, 1.807) is 0 Å². The lowest BCUT2D eigenvalue weighted by Gasteiger charge is -2.32. The summed E-state index contributed by atoms with van der Waals surface area (Å²) in [4.78, 5) is 10.1. The zero-order valence-corrected chi connectivity index (χ0v) is 27.7. The number of fused-ring (bicyclic) bond motifs is 9. The maximum absolute atomic E-state index is 5.11. The fourth-order valence-electron chi connectivity index (χ4n) is 8.53. The van der Waals surface area contributed by atoms with Gasteiger partial charge in [0, 0.05) is 11.1 Å². The van der Waals surface area contributed by atoms with Gasteiger partial charge in [0.2, 0.25) is 0 Å². The quantitative estimate of drug-likeness (QED) is 0.180. The molecule has 2 nitrogen and oxygen atoms in total. The molecular weight excluding hydrogens is 605 g/mol. The monoisotopic (exact) mass is 636 g/mol. The Morgan fingerprint density at radius 3 is 2.30 bits per heavy atom. The van der Waals surface area contributed by atoms with Crippen LogP contribution < -0.4 is 0 Å². The summed E-state index contributed by atoms with van der Waals surface area (Å²) < 4.78 is 0. The third-order valence-corrected chi connectivity index (χ3v) is 10.7. The molecule has 6 aromatic rings. The van der Waals surface area contributed by atoms with E-state index in [-0.39, 0.29) is 5.41 Å². The lowest BCUT2D eigenvalue weighted by molar-refractivity contribution is 0.780. The van der Waals surface area contributed by atoms with Gasteiger partial charge >= 0.3 is 0 Å². The van der Waals surface area contributed by atoms with Gasteiger partial charge in [0.1, 0.15) is 0 Å². The second-order valence-electron chi connectivity index (χ2n) is 13.6. The van der Waals surface area contributed by atoms with Crippen molar-refractivity contribution in [1.82, 2.24) is 9.97 Å². The molecule has 4 aliphatic rings. The lowest BCUT2D eigenvalue weighted by Crippen LogP contribution is -2.27. The number of nitrogens with zero attached hydrogens (tertiary/aromatic N) is 2. The Morgan fingerprint density at radius 2 is 1.40 bits per heavy atom. The summed E-state index contributed by atoms with van der Waals surface area (Å²) in [5, 5.41) is 0. The van der Waals surface area contributed by atoms with Gasteiger partial charge in [0.25, 0.3) is 0 Å². The smallest absolute Gasteiger partial charge is 0.160 e. The van der Waals surface area contributed by atoms with Gasteiger partial charge in [0.05, 0.1) is 22.4 Å². The van der Waals surface area contributed by atoms with Crippen LogP contribution in [0.5, 0.6) is 0 Å². The van der Waals surface area contributed by atoms with Crippen molar-refractivity contribution in [3.63, 3.8) is 0 Å². The van der Waals surface area contributed by atoms with Crippen LogP contribution in [0.2, 0.25) is 0 Å². The molecule has 0 fully saturated rings. The van der Waals surface area contributed by atoms with E-state index < -0.39 is 0 Å². The van der Waals surface area contributed by atoms with E-state index in [4.69, 9.17) is 9.97 Å². The predicted octanol–water partition coefficient (Wildman–Crippen LogP) is 11.5. The second kappa shape index (κ2) is 11.1. The Hall–Kier alpha value is -6.30. The van der Waals surface area contributed by atoms with Crippen LogP contribution in [0.15, 0.2) is 169 Å². The number of allylic oxidation sites excluding steroid dienone is 8. The van der Waals surface area contributed by atoms with Crippen molar-refractivity contribution in [2.75, 3.05) is 0 Å². The van der Waals surface area contributed by atoms with E-state index in [0.29, 0.717) is 5.82 Å². The maximum atomic E-state index is 5.11. The van der Waals surface area contributed by atoms with Gasteiger partial charge in [-0.3, -0.25) is 0 Å². The minimum absolute atomic E-state index is 0.329. The first-order valence-electron chi connectivity index (χ1n) is 17.4. The third kappa shape index (κ3) is 4.24. The van der Waals surface area contributed by atoms with Crippen molar-refractivity contribution in [2.24, 2.45) is 0 Å². The topological polar surface area (TPSA) is 25.8 Å². The van der Waals surface area contributed by atoms with Crippen molar-refractivity contribution < 1.29 is 0 Å². The molecule has 1 heterocycles. The van der Waals surface area contributed by atoms with Gasteiger partial charge in [-0.25, -0.2) is 9.97 Å². The molecule has 1 atom stereocenters. The van der Waals surface area contributed by atoms with E-state index >= 15 is 0 Å². The van der Waals surface area contributed by atoms with Crippen LogP contribution in [-0.2, 0) is 5.41 Å². The molecule has 1 spiro atoms. The van der Waals surface area contributed by atoms with Crippen molar-refractivity contribution in [3.05, 3.63) is 202 Å². The van der Waals surface area contributed by atoms with E-state index in [1.165, 1.54) is 55.7 Å². The van der Waals surface area contributed by atoms with Crippen molar-refractivity contribution in [3.8, 4) is 44.9 Å². The summed E-state index contributed by atoms with van der Waals surface area (Å²) >= 11 is 0. The maximum Gasteiger partial charge on any atom is 0.160 e. The molecule has 0 N–H and O–H groups in total. The molecular formula is C48H32N2. The molecule has 0 amide bonds. The van der Waals surface area contributed by atoms with Gasteiger partial charge in [-0.1, -0.05) is 138 Å². The highest BCUT2D eigenvalue weighted by Gasteiger charge is 2.52. The summed E-state index contributed by atoms with van der Waals surface area (Å²) in [5.74, 6) is 0.693. The molecule has 0 saturated carbocycles. The van der Waals surface area contributed by atoms with Gasteiger partial charge in [0.15, 0.2) is 5.82 Å². The molecule has 0 radical (unpaired) electrons. The summed E-state index contributed by atoms with van der Waals surface area (Å²) in [6.45, 7) is 2.20. The third-order valence-electron chi connectivity index (χ3n) is 10.7. The van der Waals surface area contributed by atoms with Gasteiger partial charge in [-0.2, -0.15) is 0 Å². The number of hydrogen-bond acceptors (Lipinski definition) is 2. The number of aryl methyl sites for hydroxylation is 1. The van der Waals surface area contributed by atoms with Gasteiger partial charge in [-0.15, -0.1) is 0 Å². The van der Waals surface area contributed by atoms with Crippen LogP contribution in [-0.4, -0.2) is 9.97 Å². The minimum atomic E-state index is -0.329. The summed E-state index contributed by atoms with van der Waals surface area (Å²) in [7, 11) is 0. The molecule has 50 heavy (non-hydrogen) atoms. The lowest BCUT2D eigenvalue weighted by atomic mass is 9.68.